The molecule has 2 heterocycles. The summed E-state index contributed by atoms with van der Waals surface area (Å²) in [5.74, 6) is 0.591. The van der Waals surface area contributed by atoms with E-state index in [1.54, 1.807) is 13.2 Å². The van der Waals surface area contributed by atoms with E-state index in [9.17, 15) is 4.79 Å². The van der Waals surface area contributed by atoms with Crippen LogP contribution in [0.5, 0.6) is 0 Å². The van der Waals surface area contributed by atoms with E-state index in [4.69, 9.17) is 4.74 Å². The Hall–Kier alpha value is -1.20. The van der Waals surface area contributed by atoms with Gasteiger partial charge in [0.15, 0.2) is 0 Å². The van der Waals surface area contributed by atoms with Gasteiger partial charge in [0.1, 0.15) is 12.4 Å². The summed E-state index contributed by atoms with van der Waals surface area (Å²) < 4.78 is 4.95. The quantitative estimate of drug-likeness (QED) is 0.753. The number of nitrogens with one attached hydrogen (secondary N) is 2. The van der Waals surface area contributed by atoms with Gasteiger partial charge in [-0.2, -0.15) is 0 Å². The number of H-pyrrole nitrogens is 1. The van der Waals surface area contributed by atoms with Gasteiger partial charge in [-0.3, -0.25) is 4.79 Å². The normalized spacial score (nSPS) is 20.7. The van der Waals surface area contributed by atoms with E-state index in [2.05, 4.69) is 15.3 Å². The molecule has 15 heavy (non-hydrogen) atoms. The van der Waals surface area contributed by atoms with Crippen molar-refractivity contribution in [1.29, 1.82) is 0 Å². The van der Waals surface area contributed by atoms with Gasteiger partial charge >= 0.3 is 0 Å². The maximum absolute atomic E-state index is 11.4. The topological polar surface area (TPSA) is 67.0 Å². The van der Waals surface area contributed by atoms with Crippen LogP contribution in [0.3, 0.4) is 0 Å². The van der Waals surface area contributed by atoms with Gasteiger partial charge in [0.2, 0.25) is 0 Å². The molecule has 0 spiro atoms. The number of rotatable bonds is 3. The molecule has 2 N–H and O–H groups in total. The summed E-state index contributed by atoms with van der Waals surface area (Å²) in [6, 6.07) is 1.78. The molecule has 0 radical (unpaired) electrons. The van der Waals surface area contributed by atoms with Crippen molar-refractivity contribution < 1.29 is 4.74 Å². The second kappa shape index (κ2) is 4.55. The van der Waals surface area contributed by atoms with Gasteiger partial charge in [0, 0.05) is 19.2 Å². The number of aromatic nitrogens is 2. The fourth-order valence-electron chi connectivity index (χ4n) is 1.85. The molecule has 5 nitrogen and oxygen atoms in total. The highest BCUT2D eigenvalue weighted by Gasteiger charge is 2.18. The van der Waals surface area contributed by atoms with E-state index in [-0.39, 0.29) is 11.6 Å². The number of hydrogen-bond donors (Lipinski definition) is 2. The Kier molecular flexibility index (Phi) is 3.13. The fourth-order valence-corrected chi connectivity index (χ4v) is 1.85. The summed E-state index contributed by atoms with van der Waals surface area (Å²) in [4.78, 5) is 18.4. The molecule has 2 rings (SSSR count). The third kappa shape index (κ3) is 2.43. The first-order valence-electron chi connectivity index (χ1n) is 5.12. The lowest BCUT2D eigenvalue weighted by Gasteiger charge is -2.10. The van der Waals surface area contributed by atoms with E-state index < -0.39 is 0 Å². The van der Waals surface area contributed by atoms with Crippen molar-refractivity contribution in [2.75, 3.05) is 13.7 Å². The lowest BCUT2D eigenvalue weighted by molar-refractivity contribution is 0.177. The Morgan fingerprint density at radius 3 is 3.20 bits per heavy atom. The lowest BCUT2D eigenvalue weighted by atomic mass is 10.1. The summed E-state index contributed by atoms with van der Waals surface area (Å²) in [5.41, 5.74) is 0.712. The Morgan fingerprint density at radius 2 is 2.53 bits per heavy atom. The summed E-state index contributed by atoms with van der Waals surface area (Å²) >= 11 is 0. The highest BCUT2D eigenvalue weighted by molar-refractivity contribution is 5.09. The van der Waals surface area contributed by atoms with Gasteiger partial charge in [-0.15, -0.1) is 0 Å². The van der Waals surface area contributed by atoms with Gasteiger partial charge in [-0.05, 0) is 19.4 Å². The van der Waals surface area contributed by atoms with Crippen LogP contribution in [0.15, 0.2) is 10.9 Å². The number of methoxy groups -OCH3 is 1. The van der Waals surface area contributed by atoms with Gasteiger partial charge in [0.25, 0.3) is 5.56 Å². The zero-order valence-corrected chi connectivity index (χ0v) is 8.75. The molecule has 0 bridgehead atoms. The van der Waals surface area contributed by atoms with E-state index in [0.29, 0.717) is 12.4 Å². The minimum atomic E-state index is -0.110. The second-order valence-corrected chi connectivity index (χ2v) is 3.70. The molecule has 1 aromatic rings. The average molecular weight is 209 g/mol. The van der Waals surface area contributed by atoms with Crippen molar-refractivity contribution >= 4 is 0 Å². The minimum Gasteiger partial charge on any atom is -0.377 e. The first-order chi connectivity index (χ1) is 7.29. The molecular weight excluding hydrogens is 194 g/mol. The smallest absolute Gasteiger partial charge is 0.251 e. The van der Waals surface area contributed by atoms with Crippen LogP contribution in [0, 0.1) is 0 Å². The van der Waals surface area contributed by atoms with Crippen LogP contribution in [-0.4, -0.2) is 23.6 Å². The van der Waals surface area contributed by atoms with Crippen LogP contribution in [0.25, 0.3) is 0 Å². The lowest BCUT2D eigenvalue weighted by Crippen LogP contribution is -2.20. The number of aromatic amines is 1. The molecule has 0 aliphatic carbocycles. The first kappa shape index (κ1) is 10.3. The third-order valence-corrected chi connectivity index (χ3v) is 2.51. The monoisotopic (exact) mass is 209 g/mol. The molecule has 1 fully saturated rings. The van der Waals surface area contributed by atoms with Crippen LogP contribution in [0.4, 0.5) is 0 Å². The van der Waals surface area contributed by atoms with Gasteiger partial charge in [0.05, 0.1) is 5.69 Å². The molecule has 0 amide bonds. The molecule has 1 saturated heterocycles. The Bertz CT molecular complexity index is 382. The summed E-state index contributed by atoms with van der Waals surface area (Å²) in [6.07, 6.45) is 2.18. The molecule has 1 aliphatic heterocycles. The van der Waals surface area contributed by atoms with E-state index in [0.717, 1.165) is 25.1 Å². The number of nitrogens with zero attached hydrogens (tertiary/aromatic N) is 1. The Balaban J connectivity index is 2.26. The van der Waals surface area contributed by atoms with Crippen molar-refractivity contribution in [3.8, 4) is 0 Å². The van der Waals surface area contributed by atoms with Gasteiger partial charge < -0.3 is 15.0 Å². The maximum atomic E-state index is 11.4. The van der Waals surface area contributed by atoms with E-state index >= 15 is 0 Å². The van der Waals surface area contributed by atoms with Gasteiger partial charge in [-0.25, -0.2) is 4.98 Å². The third-order valence-electron chi connectivity index (χ3n) is 2.51. The first-order valence-corrected chi connectivity index (χ1v) is 5.12. The van der Waals surface area contributed by atoms with Crippen molar-refractivity contribution in [3.05, 3.63) is 27.9 Å². The summed E-state index contributed by atoms with van der Waals surface area (Å²) in [6.45, 7) is 1.34. The molecular formula is C10H15N3O2. The summed E-state index contributed by atoms with van der Waals surface area (Å²) in [7, 11) is 1.58. The SMILES string of the molecule is COCc1nc(C2CCCN2)cc(=O)[nH]1. The van der Waals surface area contributed by atoms with Crippen LogP contribution in [0.1, 0.15) is 30.4 Å². The number of hydrogen-bond acceptors (Lipinski definition) is 4. The van der Waals surface area contributed by atoms with Crippen molar-refractivity contribution in [3.63, 3.8) is 0 Å². The van der Waals surface area contributed by atoms with Crippen molar-refractivity contribution in [1.82, 2.24) is 15.3 Å². The second-order valence-electron chi connectivity index (χ2n) is 3.70. The van der Waals surface area contributed by atoms with Crippen LogP contribution >= 0.6 is 0 Å². The van der Waals surface area contributed by atoms with Crippen molar-refractivity contribution in [2.24, 2.45) is 0 Å². The van der Waals surface area contributed by atoms with Crippen molar-refractivity contribution in [2.45, 2.75) is 25.5 Å². The van der Waals surface area contributed by atoms with Gasteiger partial charge in [-0.1, -0.05) is 0 Å². The zero-order chi connectivity index (χ0) is 10.7. The highest BCUT2D eigenvalue weighted by Crippen LogP contribution is 2.19. The van der Waals surface area contributed by atoms with Crippen LogP contribution < -0.4 is 10.9 Å². The Labute approximate surface area is 87.9 Å². The molecule has 0 aromatic carbocycles. The summed E-state index contributed by atoms with van der Waals surface area (Å²) in [5, 5.41) is 3.31. The standard InChI is InChI=1S/C10H15N3O2/c1-15-6-9-12-8(5-10(14)13-9)7-3-2-4-11-7/h5,7,11H,2-4,6H2,1H3,(H,12,13,14). The Morgan fingerprint density at radius 1 is 1.67 bits per heavy atom. The highest BCUT2D eigenvalue weighted by atomic mass is 16.5. The predicted octanol–water partition coefficient (Wildman–Crippen LogP) is 0.341. The molecule has 1 unspecified atom stereocenters. The average Bonchev–Trinajstić information content (AvgIpc) is 2.70. The van der Waals surface area contributed by atoms with Crippen LogP contribution in [0.2, 0.25) is 0 Å². The minimum absolute atomic E-state index is 0.110. The molecule has 1 aliphatic rings. The number of ether oxygens (including phenoxy) is 1. The molecule has 1 atom stereocenters. The van der Waals surface area contributed by atoms with E-state index in [1.807, 2.05) is 0 Å². The zero-order valence-electron chi connectivity index (χ0n) is 8.75. The fraction of sp³-hybridized carbons (Fsp3) is 0.600. The maximum Gasteiger partial charge on any atom is 0.251 e. The predicted molar refractivity (Wildman–Crippen MR) is 55.5 cm³/mol. The van der Waals surface area contributed by atoms with E-state index in [1.165, 1.54) is 0 Å². The molecule has 82 valence electrons. The molecule has 1 aromatic heterocycles. The largest absolute Gasteiger partial charge is 0.377 e. The molecule has 5 heteroatoms. The van der Waals surface area contributed by atoms with Crippen LogP contribution in [-0.2, 0) is 11.3 Å². The molecule has 0 saturated carbocycles.